The fourth-order valence-electron chi connectivity index (χ4n) is 3.23. The molecule has 0 unspecified atom stereocenters. The normalized spacial score (nSPS) is 24.6. The lowest BCUT2D eigenvalue weighted by atomic mass is 9.93. The molecule has 94 valence electrons. The van der Waals surface area contributed by atoms with Crippen LogP contribution in [0.5, 0.6) is 0 Å². The van der Waals surface area contributed by atoms with E-state index in [1.165, 1.54) is 51.5 Å². The fourth-order valence-corrected chi connectivity index (χ4v) is 3.23. The molecule has 0 bridgehead atoms. The van der Waals surface area contributed by atoms with E-state index in [0.717, 1.165) is 18.5 Å². The third kappa shape index (κ3) is 2.60. The van der Waals surface area contributed by atoms with Crippen molar-refractivity contribution < 1.29 is 0 Å². The molecule has 0 spiro atoms. The number of nitrogens with zero attached hydrogens (tertiary/aromatic N) is 1. The minimum Gasteiger partial charge on any atom is -0.329 e. The number of hydrogen-bond acceptors (Lipinski definition) is 2. The van der Waals surface area contributed by atoms with Gasteiger partial charge < -0.3 is 5.73 Å². The lowest BCUT2D eigenvalue weighted by molar-refractivity contribution is 0.0842. The van der Waals surface area contributed by atoms with Gasteiger partial charge in [-0.1, -0.05) is 26.7 Å². The van der Waals surface area contributed by atoms with Crippen LogP contribution in [0.15, 0.2) is 0 Å². The first-order valence-corrected chi connectivity index (χ1v) is 7.15. The molecule has 2 heteroatoms. The van der Waals surface area contributed by atoms with Gasteiger partial charge >= 0.3 is 0 Å². The molecule has 0 amide bonds. The molecule has 0 atom stereocenters. The second kappa shape index (κ2) is 5.05. The van der Waals surface area contributed by atoms with E-state index in [2.05, 4.69) is 18.7 Å². The molecule has 0 aromatic rings. The van der Waals surface area contributed by atoms with Crippen LogP contribution < -0.4 is 5.73 Å². The quantitative estimate of drug-likeness (QED) is 0.751. The minimum atomic E-state index is 0.385. The first-order chi connectivity index (χ1) is 7.68. The van der Waals surface area contributed by atoms with Crippen LogP contribution in [0.3, 0.4) is 0 Å². The lowest BCUT2D eigenvalue weighted by Crippen LogP contribution is -2.53. The summed E-state index contributed by atoms with van der Waals surface area (Å²) in [6.07, 6.45) is 9.64. The predicted octanol–water partition coefficient (Wildman–Crippen LogP) is 2.77. The minimum absolute atomic E-state index is 0.385. The van der Waals surface area contributed by atoms with Crippen LogP contribution in [0.2, 0.25) is 0 Å². The maximum absolute atomic E-state index is 6.10. The summed E-state index contributed by atoms with van der Waals surface area (Å²) in [5, 5.41) is 0. The summed E-state index contributed by atoms with van der Waals surface area (Å²) in [4.78, 5) is 2.79. The van der Waals surface area contributed by atoms with Gasteiger partial charge in [0.15, 0.2) is 0 Å². The molecule has 0 aliphatic heterocycles. The Morgan fingerprint density at radius 1 is 1.25 bits per heavy atom. The average molecular weight is 224 g/mol. The largest absolute Gasteiger partial charge is 0.329 e. The highest BCUT2D eigenvalue weighted by atomic mass is 15.3. The lowest BCUT2D eigenvalue weighted by Gasteiger charge is -2.41. The van der Waals surface area contributed by atoms with Gasteiger partial charge in [0.25, 0.3) is 0 Å². The van der Waals surface area contributed by atoms with Crippen molar-refractivity contribution in [2.24, 2.45) is 11.7 Å². The molecule has 2 aliphatic rings. The van der Waals surface area contributed by atoms with Crippen molar-refractivity contribution in [3.05, 3.63) is 0 Å². The van der Waals surface area contributed by atoms with E-state index in [1.807, 2.05) is 0 Å². The van der Waals surface area contributed by atoms with E-state index in [1.54, 1.807) is 0 Å². The Balaban J connectivity index is 1.99. The molecule has 0 aromatic heterocycles. The van der Waals surface area contributed by atoms with Gasteiger partial charge in [-0.15, -0.1) is 0 Å². The standard InChI is InChI=1S/C14H28N2/c1-12(2)7-10-16(13-5-6-13)14(11-15)8-3-4-9-14/h12-13H,3-11,15H2,1-2H3. The highest BCUT2D eigenvalue weighted by Gasteiger charge is 2.44. The van der Waals surface area contributed by atoms with Crippen LogP contribution in [0.1, 0.15) is 58.8 Å². The summed E-state index contributed by atoms with van der Waals surface area (Å²) < 4.78 is 0. The molecule has 2 fully saturated rings. The topological polar surface area (TPSA) is 29.3 Å². The van der Waals surface area contributed by atoms with Gasteiger partial charge in [0.2, 0.25) is 0 Å². The molecule has 16 heavy (non-hydrogen) atoms. The van der Waals surface area contributed by atoms with Crippen molar-refractivity contribution >= 4 is 0 Å². The third-order valence-corrected chi connectivity index (χ3v) is 4.46. The van der Waals surface area contributed by atoms with Crippen molar-refractivity contribution in [1.29, 1.82) is 0 Å². The van der Waals surface area contributed by atoms with E-state index in [0.29, 0.717) is 5.54 Å². The predicted molar refractivity (Wildman–Crippen MR) is 69.4 cm³/mol. The second-order valence-corrected chi connectivity index (χ2v) is 6.24. The number of nitrogens with two attached hydrogens (primary N) is 1. The molecule has 2 aliphatic carbocycles. The molecule has 2 nitrogen and oxygen atoms in total. The first-order valence-electron chi connectivity index (χ1n) is 7.15. The molecular formula is C14H28N2. The first kappa shape index (κ1) is 12.4. The van der Waals surface area contributed by atoms with E-state index in [-0.39, 0.29) is 0 Å². The Labute approximate surface area is 101 Å². The zero-order valence-electron chi connectivity index (χ0n) is 11.0. The van der Waals surface area contributed by atoms with E-state index < -0.39 is 0 Å². The van der Waals surface area contributed by atoms with Crippen molar-refractivity contribution in [2.75, 3.05) is 13.1 Å². The Hall–Kier alpha value is -0.0800. The van der Waals surface area contributed by atoms with E-state index in [9.17, 15) is 0 Å². The van der Waals surface area contributed by atoms with Crippen LogP contribution >= 0.6 is 0 Å². The monoisotopic (exact) mass is 224 g/mol. The molecular weight excluding hydrogens is 196 g/mol. The molecule has 0 aromatic carbocycles. The highest BCUT2D eigenvalue weighted by Crippen LogP contribution is 2.41. The number of rotatable bonds is 6. The number of hydrogen-bond donors (Lipinski definition) is 1. The van der Waals surface area contributed by atoms with Crippen LogP contribution in [-0.2, 0) is 0 Å². The van der Waals surface area contributed by atoms with E-state index in [4.69, 9.17) is 5.73 Å². The van der Waals surface area contributed by atoms with Gasteiger partial charge in [0.1, 0.15) is 0 Å². The zero-order chi connectivity index (χ0) is 11.6. The molecule has 0 saturated heterocycles. The van der Waals surface area contributed by atoms with Gasteiger partial charge in [0, 0.05) is 18.1 Å². The van der Waals surface area contributed by atoms with Gasteiger partial charge in [-0.25, -0.2) is 0 Å². The Morgan fingerprint density at radius 3 is 2.31 bits per heavy atom. The molecule has 2 rings (SSSR count). The SMILES string of the molecule is CC(C)CCN(C1CC1)C1(CN)CCCC1. The van der Waals surface area contributed by atoms with Crippen molar-refractivity contribution in [2.45, 2.75) is 70.4 Å². The summed E-state index contributed by atoms with van der Waals surface area (Å²) in [6, 6.07) is 0.875. The Morgan fingerprint density at radius 2 is 1.88 bits per heavy atom. The Kier molecular flexibility index (Phi) is 3.91. The zero-order valence-corrected chi connectivity index (χ0v) is 11.0. The average Bonchev–Trinajstić information content (AvgIpc) is 2.96. The summed E-state index contributed by atoms with van der Waals surface area (Å²) >= 11 is 0. The van der Waals surface area contributed by atoms with Crippen LogP contribution in [-0.4, -0.2) is 29.6 Å². The maximum atomic E-state index is 6.10. The van der Waals surface area contributed by atoms with Crippen LogP contribution in [0.4, 0.5) is 0 Å². The van der Waals surface area contributed by atoms with Crippen molar-refractivity contribution in [1.82, 2.24) is 4.90 Å². The van der Waals surface area contributed by atoms with Gasteiger partial charge in [0.05, 0.1) is 0 Å². The fraction of sp³-hybridized carbons (Fsp3) is 1.00. The van der Waals surface area contributed by atoms with Gasteiger partial charge in [-0.2, -0.15) is 0 Å². The van der Waals surface area contributed by atoms with Crippen molar-refractivity contribution in [3.8, 4) is 0 Å². The van der Waals surface area contributed by atoms with Crippen molar-refractivity contribution in [3.63, 3.8) is 0 Å². The van der Waals surface area contributed by atoms with E-state index >= 15 is 0 Å². The smallest absolute Gasteiger partial charge is 0.0334 e. The Bertz CT molecular complexity index is 215. The molecule has 2 N–H and O–H groups in total. The van der Waals surface area contributed by atoms with Crippen LogP contribution in [0.25, 0.3) is 0 Å². The summed E-state index contributed by atoms with van der Waals surface area (Å²) in [7, 11) is 0. The third-order valence-electron chi connectivity index (χ3n) is 4.46. The second-order valence-electron chi connectivity index (χ2n) is 6.24. The summed E-state index contributed by atoms with van der Waals surface area (Å²) in [5.74, 6) is 0.817. The summed E-state index contributed by atoms with van der Waals surface area (Å²) in [5.41, 5.74) is 6.48. The summed E-state index contributed by atoms with van der Waals surface area (Å²) in [6.45, 7) is 6.81. The van der Waals surface area contributed by atoms with Gasteiger partial charge in [-0.05, 0) is 44.6 Å². The van der Waals surface area contributed by atoms with Crippen LogP contribution in [0, 0.1) is 5.92 Å². The molecule has 0 heterocycles. The van der Waals surface area contributed by atoms with Gasteiger partial charge in [-0.3, -0.25) is 4.90 Å². The maximum Gasteiger partial charge on any atom is 0.0334 e. The molecule has 0 radical (unpaired) electrons. The highest BCUT2D eigenvalue weighted by molar-refractivity contribution is 5.01. The molecule has 2 saturated carbocycles.